The summed E-state index contributed by atoms with van der Waals surface area (Å²) < 4.78 is 5.10. The van der Waals surface area contributed by atoms with E-state index in [1.807, 2.05) is 0 Å². The molecule has 0 bridgehead atoms. The maximum atomic E-state index is 12.8. The van der Waals surface area contributed by atoms with E-state index in [9.17, 15) is 14.4 Å². The smallest absolute Gasteiger partial charge is 0.256 e. The van der Waals surface area contributed by atoms with Gasteiger partial charge in [-0.2, -0.15) is 0 Å². The molecule has 1 heterocycles. The number of methoxy groups -OCH3 is 1. The highest BCUT2D eigenvalue weighted by molar-refractivity contribution is 6.36. The van der Waals surface area contributed by atoms with Crippen molar-refractivity contribution in [2.45, 2.75) is 12.5 Å². The molecular weight excluding hydrogens is 430 g/mol. The number of para-hydroxylation sites is 1. The maximum absolute atomic E-state index is 12.8. The van der Waals surface area contributed by atoms with E-state index in [4.69, 9.17) is 16.3 Å². The van der Waals surface area contributed by atoms with E-state index in [1.165, 1.54) is 0 Å². The first-order valence-electron chi connectivity index (χ1n) is 9.89. The normalized spacial score (nSPS) is 15.6. The molecule has 32 heavy (non-hydrogen) atoms. The summed E-state index contributed by atoms with van der Waals surface area (Å²) in [4.78, 5) is 38.8. The van der Waals surface area contributed by atoms with Crippen molar-refractivity contribution in [1.29, 1.82) is 0 Å². The summed E-state index contributed by atoms with van der Waals surface area (Å²) in [7, 11) is 1.58. The van der Waals surface area contributed by atoms with Crippen molar-refractivity contribution >= 4 is 46.4 Å². The zero-order valence-corrected chi connectivity index (χ0v) is 17.9. The van der Waals surface area contributed by atoms with Gasteiger partial charge in [0, 0.05) is 16.9 Å². The van der Waals surface area contributed by atoms with Gasteiger partial charge in [-0.15, -0.1) is 0 Å². The van der Waals surface area contributed by atoms with Crippen molar-refractivity contribution in [2.24, 2.45) is 0 Å². The number of carbonyl (C=O) groups is 3. The summed E-state index contributed by atoms with van der Waals surface area (Å²) in [5.41, 5.74) is 2.10. The second-order valence-corrected chi connectivity index (χ2v) is 7.59. The van der Waals surface area contributed by atoms with Crippen LogP contribution in [-0.4, -0.2) is 30.9 Å². The zero-order valence-electron chi connectivity index (χ0n) is 17.2. The second kappa shape index (κ2) is 9.11. The fraction of sp³-hybridized carbons (Fsp3) is 0.125. The van der Waals surface area contributed by atoms with Gasteiger partial charge < -0.3 is 15.4 Å². The van der Waals surface area contributed by atoms with E-state index >= 15 is 0 Å². The minimum atomic E-state index is -0.710. The highest BCUT2D eigenvalue weighted by Crippen LogP contribution is 2.30. The molecule has 162 valence electrons. The Labute approximate surface area is 189 Å². The Morgan fingerprint density at radius 3 is 2.28 bits per heavy atom. The molecule has 1 saturated heterocycles. The topological polar surface area (TPSA) is 87.7 Å². The number of amides is 3. The predicted molar refractivity (Wildman–Crippen MR) is 123 cm³/mol. The molecule has 1 unspecified atom stereocenters. The quantitative estimate of drug-likeness (QED) is 0.546. The Bertz CT molecular complexity index is 1160. The van der Waals surface area contributed by atoms with Crippen LogP contribution in [0.15, 0.2) is 72.8 Å². The number of rotatable bonds is 6. The summed E-state index contributed by atoms with van der Waals surface area (Å²) in [6, 6.07) is 19.7. The first-order valence-corrected chi connectivity index (χ1v) is 10.3. The fourth-order valence-corrected chi connectivity index (χ4v) is 3.65. The van der Waals surface area contributed by atoms with Gasteiger partial charge in [0.25, 0.3) is 11.8 Å². The van der Waals surface area contributed by atoms with E-state index in [2.05, 4.69) is 10.6 Å². The first kappa shape index (κ1) is 21.4. The minimum absolute atomic E-state index is 0.0176. The van der Waals surface area contributed by atoms with Crippen LogP contribution in [0.1, 0.15) is 16.8 Å². The zero-order chi connectivity index (χ0) is 22.7. The molecule has 4 rings (SSSR count). The van der Waals surface area contributed by atoms with Crippen LogP contribution < -0.4 is 20.3 Å². The number of ether oxygens (including phenoxy) is 1. The number of imide groups is 1. The molecule has 0 aromatic heterocycles. The SMILES string of the molecule is COc1ccc(NC(=O)c2ccc(NC3CC(=O)N(c4ccccc4Cl)C3=O)cc2)cc1. The highest BCUT2D eigenvalue weighted by Gasteiger charge is 2.40. The van der Waals surface area contributed by atoms with Crippen molar-refractivity contribution in [3.63, 3.8) is 0 Å². The van der Waals surface area contributed by atoms with Crippen molar-refractivity contribution in [2.75, 3.05) is 22.6 Å². The van der Waals surface area contributed by atoms with Crippen molar-refractivity contribution in [1.82, 2.24) is 0 Å². The third-order valence-corrected chi connectivity index (χ3v) is 5.40. The van der Waals surface area contributed by atoms with E-state index in [1.54, 1.807) is 79.9 Å². The lowest BCUT2D eigenvalue weighted by Crippen LogP contribution is -2.35. The summed E-state index contributed by atoms with van der Waals surface area (Å²) in [6.07, 6.45) is 0.0176. The molecule has 0 saturated carbocycles. The molecule has 7 nitrogen and oxygen atoms in total. The Balaban J connectivity index is 1.41. The van der Waals surface area contributed by atoms with Gasteiger partial charge in [-0.25, -0.2) is 4.90 Å². The molecule has 2 N–H and O–H groups in total. The molecule has 0 spiro atoms. The molecule has 3 amide bonds. The van der Waals surface area contributed by atoms with Gasteiger partial charge in [-0.3, -0.25) is 14.4 Å². The van der Waals surface area contributed by atoms with Gasteiger partial charge in [0.15, 0.2) is 0 Å². The molecule has 1 fully saturated rings. The monoisotopic (exact) mass is 449 g/mol. The summed E-state index contributed by atoms with van der Waals surface area (Å²) >= 11 is 6.15. The van der Waals surface area contributed by atoms with E-state index < -0.39 is 6.04 Å². The molecule has 0 radical (unpaired) electrons. The average molecular weight is 450 g/mol. The van der Waals surface area contributed by atoms with Gasteiger partial charge in [-0.1, -0.05) is 23.7 Å². The number of benzene rings is 3. The first-order chi connectivity index (χ1) is 15.5. The average Bonchev–Trinajstić information content (AvgIpc) is 3.08. The largest absolute Gasteiger partial charge is 0.497 e. The predicted octanol–water partition coefficient (Wildman–Crippen LogP) is 4.34. The van der Waals surface area contributed by atoms with Crippen LogP contribution >= 0.6 is 11.6 Å². The number of nitrogens with zero attached hydrogens (tertiary/aromatic N) is 1. The van der Waals surface area contributed by atoms with Gasteiger partial charge >= 0.3 is 0 Å². The number of nitrogens with one attached hydrogen (secondary N) is 2. The molecule has 1 aliphatic rings. The van der Waals surface area contributed by atoms with Crippen LogP contribution in [0.5, 0.6) is 5.75 Å². The Hall–Kier alpha value is -3.84. The molecule has 0 aliphatic carbocycles. The standard InChI is InChI=1S/C24H20ClN3O4/c1-32-18-12-10-17(11-13-18)27-23(30)15-6-8-16(9-7-15)26-20-14-22(29)28(24(20)31)21-5-3-2-4-19(21)25/h2-13,20,26H,14H2,1H3,(H,27,30). The van der Waals surface area contributed by atoms with E-state index in [0.717, 1.165) is 4.90 Å². The summed E-state index contributed by atoms with van der Waals surface area (Å²) in [5, 5.41) is 6.21. The molecule has 3 aromatic rings. The van der Waals surface area contributed by atoms with Crippen LogP contribution in [0.3, 0.4) is 0 Å². The number of halogens is 1. The second-order valence-electron chi connectivity index (χ2n) is 7.18. The van der Waals surface area contributed by atoms with Gasteiger partial charge in [0.2, 0.25) is 5.91 Å². The summed E-state index contributed by atoms with van der Waals surface area (Å²) in [5.74, 6) is -0.259. The third-order valence-electron chi connectivity index (χ3n) is 5.08. The molecular formula is C24H20ClN3O4. The third kappa shape index (κ3) is 4.43. The van der Waals surface area contributed by atoms with E-state index in [0.29, 0.717) is 33.4 Å². The van der Waals surface area contributed by atoms with Crippen molar-refractivity contribution in [3.8, 4) is 5.75 Å². The van der Waals surface area contributed by atoms with Crippen molar-refractivity contribution < 1.29 is 19.1 Å². The highest BCUT2D eigenvalue weighted by atomic mass is 35.5. The van der Waals surface area contributed by atoms with Crippen molar-refractivity contribution in [3.05, 3.63) is 83.4 Å². The van der Waals surface area contributed by atoms with Crippen LogP contribution in [0.2, 0.25) is 5.02 Å². The molecule has 1 atom stereocenters. The van der Waals surface area contributed by atoms with Gasteiger partial charge in [-0.05, 0) is 60.7 Å². The minimum Gasteiger partial charge on any atom is -0.497 e. The summed E-state index contributed by atoms with van der Waals surface area (Å²) in [6.45, 7) is 0. The van der Waals surface area contributed by atoms with E-state index in [-0.39, 0.29) is 24.1 Å². The molecule has 3 aromatic carbocycles. The number of carbonyl (C=O) groups excluding carboxylic acids is 3. The Morgan fingerprint density at radius 1 is 0.969 bits per heavy atom. The van der Waals surface area contributed by atoms with Gasteiger partial charge in [0.05, 0.1) is 24.2 Å². The number of anilines is 3. The molecule has 1 aliphatic heterocycles. The lowest BCUT2D eigenvalue weighted by atomic mass is 10.1. The Morgan fingerprint density at radius 2 is 1.62 bits per heavy atom. The lowest BCUT2D eigenvalue weighted by molar-refractivity contribution is -0.121. The van der Waals surface area contributed by atoms with Crippen LogP contribution in [0, 0.1) is 0 Å². The maximum Gasteiger partial charge on any atom is 0.256 e. The molecule has 8 heteroatoms. The lowest BCUT2D eigenvalue weighted by Gasteiger charge is -2.17. The number of hydrogen-bond acceptors (Lipinski definition) is 5. The fourth-order valence-electron chi connectivity index (χ4n) is 3.43. The van der Waals surface area contributed by atoms with Gasteiger partial charge in [0.1, 0.15) is 11.8 Å². The number of hydrogen-bond donors (Lipinski definition) is 2. The van der Waals surface area contributed by atoms with Crippen LogP contribution in [-0.2, 0) is 9.59 Å². The van der Waals surface area contributed by atoms with Crippen LogP contribution in [0.4, 0.5) is 17.1 Å². The van der Waals surface area contributed by atoms with Crippen LogP contribution in [0.25, 0.3) is 0 Å². The Kier molecular flexibility index (Phi) is 6.09.